The first kappa shape index (κ1) is 24.4. The van der Waals surface area contributed by atoms with Crippen LogP contribution in [0.15, 0.2) is 48.5 Å². The summed E-state index contributed by atoms with van der Waals surface area (Å²) in [5, 5.41) is 10.7. The topological polar surface area (TPSA) is 73.5 Å². The standard InChI is InChI=1S/C23H30N4O2S3/c1-17-4-8-19(9-5-17)25-21(30)24-13-14-27(23(3)12-15-32(28,29)16-23)22(31)26-20-10-6-18(2)7-11-20/h4-11H,12-16H2,1-3H3,(H,26,31)(H2,24,25,30)/t23-/m0/s1. The van der Waals surface area contributed by atoms with Gasteiger partial charge in [-0.15, -0.1) is 0 Å². The Kier molecular flexibility index (Phi) is 7.74. The molecular formula is C23H30N4O2S3. The fourth-order valence-electron chi connectivity index (χ4n) is 3.74. The van der Waals surface area contributed by atoms with Crippen molar-refractivity contribution in [3.63, 3.8) is 0 Å². The van der Waals surface area contributed by atoms with Crippen molar-refractivity contribution in [2.24, 2.45) is 0 Å². The molecule has 0 radical (unpaired) electrons. The van der Waals surface area contributed by atoms with Crippen molar-refractivity contribution in [1.29, 1.82) is 0 Å². The van der Waals surface area contributed by atoms with E-state index in [1.165, 1.54) is 5.56 Å². The molecule has 1 aliphatic heterocycles. The number of nitrogens with zero attached hydrogens (tertiary/aromatic N) is 1. The van der Waals surface area contributed by atoms with Crippen molar-refractivity contribution < 1.29 is 8.42 Å². The van der Waals surface area contributed by atoms with E-state index < -0.39 is 15.4 Å². The van der Waals surface area contributed by atoms with Crippen LogP contribution in [0.5, 0.6) is 0 Å². The SMILES string of the molecule is Cc1ccc(NC(=S)NCCN(C(=S)Nc2ccc(C)cc2)[C@@]2(C)CCS(=O)(=O)C2)cc1. The summed E-state index contributed by atoms with van der Waals surface area (Å²) in [4.78, 5) is 1.98. The minimum absolute atomic E-state index is 0.0851. The van der Waals surface area contributed by atoms with Crippen molar-refractivity contribution in [3.05, 3.63) is 59.7 Å². The van der Waals surface area contributed by atoms with E-state index in [0.717, 1.165) is 16.9 Å². The molecule has 3 N–H and O–H groups in total. The highest BCUT2D eigenvalue weighted by Gasteiger charge is 2.43. The minimum atomic E-state index is -3.08. The average molecular weight is 491 g/mol. The van der Waals surface area contributed by atoms with Gasteiger partial charge in [-0.05, 0) is 75.9 Å². The molecular weight excluding hydrogens is 460 g/mol. The third-order valence-corrected chi connectivity index (χ3v) is 8.07. The predicted molar refractivity (Wildman–Crippen MR) is 141 cm³/mol. The lowest BCUT2D eigenvalue weighted by atomic mass is 9.99. The number of hydrogen-bond donors (Lipinski definition) is 3. The second kappa shape index (κ2) is 10.1. The van der Waals surface area contributed by atoms with Crippen LogP contribution in [0.3, 0.4) is 0 Å². The van der Waals surface area contributed by atoms with Gasteiger partial charge in [-0.3, -0.25) is 0 Å². The molecule has 0 amide bonds. The molecule has 3 rings (SSSR count). The zero-order chi connectivity index (χ0) is 23.4. The third-order valence-electron chi connectivity index (χ3n) is 5.61. The van der Waals surface area contributed by atoms with Gasteiger partial charge in [-0.25, -0.2) is 8.42 Å². The van der Waals surface area contributed by atoms with E-state index in [2.05, 4.69) is 16.0 Å². The van der Waals surface area contributed by atoms with E-state index in [1.54, 1.807) is 0 Å². The van der Waals surface area contributed by atoms with Gasteiger partial charge in [0.25, 0.3) is 0 Å². The Morgan fingerprint density at radius 3 is 2.00 bits per heavy atom. The maximum atomic E-state index is 12.2. The fraction of sp³-hybridized carbons (Fsp3) is 0.391. The van der Waals surface area contributed by atoms with Crippen LogP contribution in [0.1, 0.15) is 24.5 Å². The molecule has 0 unspecified atom stereocenters. The molecule has 0 aromatic heterocycles. The quantitative estimate of drug-likeness (QED) is 0.527. The summed E-state index contributed by atoms with van der Waals surface area (Å²) in [5.41, 5.74) is 3.56. The van der Waals surface area contributed by atoms with Crippen molar-refractivity contribution >= 4 is 55.9 Å². The lowest BCUT2D eigenvalue weighted by Gasteiger charge is -2.39. The summed E-state index contributed by atoms with van der Waals surface area (Å²) in [6.45, 7) is 7.05. The van der Waals surface area contributed by atoms with Crippen LogP contribution in [0.4, 0.5) is 11.4 Å². The molecule has 9 heteroatoms. The van der Waals surface area contributed by atoms with Crippen molar-refractivity contribution in [2.75, 3.05) is 35.2 Å². The lowest BCUT2D eigenvalue weighted by Crippen LogP contribution is -2.54. The van der Waals surface area contributed by atoms with E-state index in [9.17, 15) is 8.42 Å². The number of benzene rings is 2. The first-order chi connectivity index (χ1) is 15.1. The second-order valence-corrected chi connectivity index (χ2v) is 11.5. The van der Waals surface area contributed by atoms with Gasteiger partial charge in [0.1, 0.15) is 0 Å². The van der Waals surface area contributed by atoms with Gasteiger partial charge >= 0.3 is 0 Å². The Balaban J connectivity index is 1.65. The normalized spacial score (nSPS) is 19.2. The van der Waals surface area contributed by atoms with Crippen molar-refractivity contribution in [2.45, 2.75) is 32.7 Å². The van der Waals surface area contributed by atoms with Gasteiger partial charge in [0.05, 0.1) is 17.0 Å². The van der Waals surface area contributed by atoms with Gasteiger partial charge in [-0.1, -0.05) is 35.4 Å². The van der Waals surface area contributed by atoms with Crippen LogP contribution < -0.4 is 16.0 Å². The molecule has 1 atom stereocenters. The maximum Gasteiger partial charge on any atom is 0.173 e. The molecule has 172 valence electrons. The summed E-state index contributed by atoms with van der Waals surface area (Å²) in [5.74, 6) is 0.260. The zero-order valence-corrected chi connectivity index (χ0v) is 21.1. The number of thiocarbonyl (C=S) groups is 2. The van der Waals surface area contributed by atoms with Crippen LogP contribution in [0, 0.1) is 13.8 Å². The number of hydrogen-bond acceptors (Lipinski definition) is 4. The summed E-state index contributed by atoms with van der Waals surface area (Å²) in [7, 11) is -3.08. The van der Waals surface area contributed by atoms with Gasteiger partial charge in [0.15, 0.2) is 20.1 Å². The highest BCUT2D eigenvalue weighted by molar-refractivity contribution is 7.91. The lowest BCUT2D eigenvalue weighted by molar-refractivity contribution is 0.227. The highest BCUT2D eigenvalue weighted by atomic mass is 32.2. The van der Waals surface area contributed by atoms with Crippen LogP contribution >= 0.6 is 24.4 Å². The van der Waals surface area contributed by atoms with Gasteiger partial charge in [0, 0.05) is 24.5 Å². The monoisotopic (exact) mass is 490 g/mol. The Bertz CT molecular complexity index is 1070. The van der Waals surface area contributed by atoms with Gasteiger partial charge in [0.2, 0.25) is 0 Å². The van der Waals surface area contributed by atoms with Crippen LogP contribution in [0.25, 0.3) is 0 Å². The number of anilines is 2. The predicted octanol–water partition coefficient (Wildman–Crippen LogP) is 3.87. The molecule has 1 heterocycles. The third kappa shape index (κ3) is 6.63. The molecule has 0 spiro atoms. The van der Waals surface area contributed by atoms with E-state index in [1.807, 2.05) is 74.2 Å². The maximum absolute atomic E-state index is 12.2. The Morgan fingerprint density at radius 2 is 1.50 bits per heavy atom. The number of nitrogens with one attached hydrogen (secondary N) is 3. The van der Waals surface area contributed by atoms with Gasteiger partial charge in [-0.2, -0.15) is 0 Å². The van der Waals surface area contributed by atoms with Crippen LogP contribution in [-0.2, 0) is 9.84 Å². The molecule has 32 heavy (non-hydrogen) atoms. The van der Waals surface area contributed by atoms with Crippen molar-refractivity contribution in [1.82, 2.24) is 10.2 Å². The van der Waals surface area contributed by atoms with E-state index in [0.29, 0.717) is 29.7 Å². The summed E-state index contributed by atoms with van der Waals surface area (Å²) >= 11 is 11.1. The van der Waals surface area contributed by atoms with E-state index in [-0.39, 0.29) is 11.5 Å². The Hall–Kier alpha value is -2.23. The zero-order valence-electron chi connectivity index (χ0n) is 18.6. The van der Waals surface area contributed by atoms with Crippen LogP contribution in [0.2, 0.25) is 0 Å². The minimum Gasteiger partial charge on any atom is -0.361 e. The summed E-state index contributed by atoms with van der Waals surface area (Å²) in [6, 6.07) is 15.9. The molecule has 2 aromatic carbocycles. The molecule has 2 aromatic rings. The Labute approximate surface area is 201 Å². The Morgan fingerprint density at radius 1 is 0.969 bits per heavy atom. The summed E-state index contributed by atoms with van der Waals surface area (Å²) in [6.07, 6.45) is 0.539. The molecule has 0 aliphatic carbocycles. The number of aryl methyl sites for hydroxylation is 2. The largest absolute Gasteiger partial charge is 0.361 e. The van der Waals surface area contributed by atoms with Crippen molar-refractivity contribution in [3.8, 4) is 0 Å². The van der Waals surface area contributed by atoms with Gasteiger partial charge < -0.3 is 20.9 Å². The molecule has 0 bridgehead atoms. The van der Waals surface area contributed by atoms with E-state index >= 15 is 0 Å². The molecule has 1 aliphatic rings. The first-order valence-electron chi connectivity index (χ1n) is 10.5. The number of rotatable bonds is 6. The number of sulfone groups is 1. The van der Waals surface area contributed by atoms with E-state index in [4.69, 9.17) is 24.4 Å². The first-order valence-corrected chi connectivity index (χ1v) is 13.2. The second-order valence-electron chi connectivity index (χ2n) is 8.53. The molecule has 1 saturated heterocycles. The smallest absolute Gasteiger partial charge is 0.173 e. The van der Waals surface area contributed by atoms with Crippen LogP contribution in [-0.4, -0.2) is 53.7 Å². The molecule has 1 fully saturated rings. The molecule has 0 saturated carbocycles. The highest BCUT2D eigenvalue weighted by Crippen LogP contribution is 2.30. The summed E-state index contributed by atoms with van der Waals surface area (Å²) < 4.78 is 24.5. The average Bonchev–Trinajstić information content (AvgIpc) is 3.02. The fourth-order valence-corrected chi connectivity index (χ4v) is 6.54. The molecule has 6 nitrogen and oxygen atoms in total.